The lowest BCUT2D eigenvalue weighted by molar-refractivity contribution is 0.0154. The molecule has 2 nitrogen and oxygen atoms in total. The summed E-state index contributed by atoms with van der Waals surface area (Å²) in [5, 5.41) is 3.61. The third-order valence-corrected chi connectivity index (χ3v) is 4.09. The van der Waals surface area contributed by atoms with Crippen molar-refractivity contribution in [3.63, 3.8) is 0 Å². The minimum atomic E-state index is 0.0226. The summed E-state index contributed by atoms with van der Waals surface area (Å²) in [6.45, 7) is 5.36. The van der Waals surface area contributed by atoms with Crippen LogP contribution in [0.2, 0.25) is 0 Å². The summed E-state index contributed by atoms with van der Waals surface area (Å²) < 4.78 is 5.38. The van der Waals surface area contributed by atoms with E-state index in [4.69, 9.17) is 4.74 Å². The second-order valence-electron chi connectivity index (χ2n) is 4.58. The zero-order valence-corrected chi connectivity index (χ0v) is 10.5. The van der Waals surface area contributed by atoms with Crippen LogP contribution >= 0.6 is 11.8 Å². The summed E-state index contributed by atoms with van der Waals surface area (Å²) in [6, 6.07) is 0.737. The monoisotopic (exact) mass is 217 g/mol. The molecule has 0 aromatic carbocycles. The van der Waals surface area contributed by atoms with Crippen molar-refractivity contribution in [2.75, 3.05) is 25.2 Å². The molecule has 0 aliphatic carbocycles. The van der Waals surface area contributed by atoms with Crippen molar-refractivity contribution in [3.05, 3.63) is 0 Å². The zero-order valence-electron chi connectivity index (χ0n) is 9.64. The molecule has 0 saturated carbocycles. The molecule has 1 aliphatic heterocycles. The first kappa shape index (κ1) is 12.3. The highest BCUT2D eigenvalue weighted by Crippen LogP contribution is 2.17. The molecule has 1 atom stereocenters. The average Bonchev–Trinajstić information content (AvgIpc) is 2.19. The quantitative estimate of drug-likeness (QED) is 0.763. The van der Waals surface area contributed by atoms with Gasteiger partial charge < -0.3 is 10.1 Å². The Morgan fingerprint density at radius 1 is 1.50 bits per heavy atom. The van der Waals surface area contributed by atoms with Gasteiger partial charge >= 0.3 is 0 Å². The van der Waals surface area contributed by atoms with Crippen LogP contribution in [0.5, 0.6) is 0 Å². The number of hydrogen-bond donors (Lipinski definition) is 1. The molecule has 14 heavy (non-hydrogen) atoms. The Balaban J connectivity index is 2.08. The predicted octanol–water partition coefficient (Wildman–Crippen LogP) is 2.29. The maximum Gasteiger partial charge on any atom is 0.0634 e. The SMILES string of the molecule is COC(C)(C)CCNC1CCCSC1. The van der Waals surface area contributed by atoms with Gasteiger partial charge in [0.1, 0.15) is 0 Å². The van der Waals surface area contributed by atoms with Crippen molar-refractivity contribution >= 4 is 11.8 Å². The largest absolute Gasteiger partial charge is 0.379 e. The summed E-state index contributed by atoms with van der Waals surface area (Å²) in [6.07, 6.45) is 3.81. The van der Waals surface area contributed by atoms with Crippen molar-refractivity contribution in [2.24, 2.45) is 0 Å². The first-order chi connectivity index (χ1) is 6.64. The maximum absolute atomic E-state index is 5.38. The van der Waals surface area contributed by atoms with E-state index in [1.54, 1.807) is 7.11 Å². The van der Waals surface area contributed by atoms with Crippen molar-refractivity contribution in [1.29, 1.82) is 0 Å². The Kier molecular flexibility index (Phi) is 5.28. The normalized spacial score (nSPS) is 23.8. The Hall–Kier alpha value is 0.270. The van der Waals surface area contributed by atoms with Gasteiger partial charge in [-0.25, -0.2) is 0 Å². The van der Waals surface area contributed by atoms with Gasteiger partial charge in [-0.15, -0.1) is 0 Å². The van der Waals surface area contributed by atoms with Crippen LogP contribution in [0.25, 0.3) is 0 Å². The van der Waals surface area contributed by atoms with Gasteiger partial charge in [0.05, 0.1) is 5.60 Å². The Morgan fingerprint density at radius 2 is 2.29 bits per heavy atom. The van der Waals surface area contributed by atoms with E-state index in [-0.39, 0.29) is 5.60 Å². The summed E-state index contributed by atoms with van der Waals surface area (Å²) in [4.78, 5) is 0. The molecule has 84 valence electrons. The lowest BCUT2D eigenvalue weighted by Crippen LogP contribution is -2.37. The van der Waals surface area contributed by atoms with E-state index in [2.05, 4.69) is 30.9 Å². The summed E-state index contributed by atoms with van der Waals surface area (Å²) >= 11 is 2.07. The summed E-state index contributed by atoms with van der Waals surface area (Å²) in [5.74, 6) is 2.63. The molecule has 0 amide bonds. The first-order valence-electron chi connectivity index (χ1n) is 5.50. The molecule has 1 saturated heterocycles. The molecule has 0 aromatic rings. The van der Waals surface area contributed by atoms with Crippen LogP contribution < -0.4 is 5.32 Å². The Morgan fingerprint density at radius 3 is 2.86 bits per heavy atom. The second-order valence-corrected chi connectivity index (χ2v) is 5.73. The van der Waals surface area contributed by atoms with Crippen molar-refractivity contribution in [3.8, 4) is 0 Å². The molecule has 0 spiro atoms. The molecule has 1 rings (SSSR count). The second kappa shape index (κ2) is 5.99. The fourth-order valence-electron chi connectivity index (χ4n) is 1.58. The number of hydrogen-bond acceptors (Lipinski definition) is 3. The van der Waals surface area contributed by atoms with Crippen molar-refractivity contribution in [1.82, 2.24) is 5.32 Å². The van der Waals surface area contributed by atoms with E-state index in [9.17, 15) is 0 Å². The van der Waals surface area contributed by atoms with E-state index in [1.807, 2.05) is 0 Å². The molecule has 1 aliphatic rings. The molecule has 3 heteroatoms. The van der Waals surface area contributed by atoms with E-state index in [1.165, 1.54) is 24.3 Å². The summed E-state index contributed by atoms with van der Waals surface area (Å²) in [7, 11) is 1.79. The lowest BCUT2D eigenvalue weighted by Gasteiger charge is -2.26. The van der Waals surface area contributed by atoms with Gasteiger partial charge in [0.15, 0.2) is 0 Å². The minimum absolute atomic E-state index is 0.0226. The fourth-order valence-corrected chi connectivity index (χ4v) is 2.69. The molecule has 1 N–H and O–H groups in total. The van der Waals surface area contributed by atoms with Crippen LogP contribution in [-0.2, 0) is 4.74 Å². The van der Waals surface area contributed by atoms with Crippen LogP contribution in [0.3, 0.4) is 0 Å². The molecule has 1 fully saturated rings. The van der Waals surface area contributed by atoms with Crippen LogP contribution in [0.1, 0.15) is 33.1 Å². The minimum Gasteiger partial charge on any atom is -0.379 e. The predicted molar refractivity (Wildman–Crippen MR) is 64.1 cm³/mol. The van der Waals surface area contributed by atoms with Crippen molar-refractivity contribution < 1.29 is 4.74 Å². The number of methoxy groups -OCH3 is 1. The number of nitrogens with one attached hydrogen (secondary N) is 1. The summed E-state index contributed by atoms with van der Waals surface area (Å²) in [5.41, 5.74) is 0.0226. The molecular weight excluding hydrogens is 194 g/mol. The van der Waals surface area contributed by atoms with E-state index < -0.39 is 0 Å². The van der Waals surface area contributed by atoms with Gasteiger partial charge in [0.25, 0.3) is 0 Å². The molecule has 0 aromatic heterocycles. The lowest BCUT2D eigenvalue weighted by atomic mass is 10.0. The standard InChI is InChI=1S/C11H23NOS/c1-11(2,13-3)6-7-12-10-5-4-8-14-9-10/h10,12H,4-9H2,1-3H3. The average molecular weight is 217 g/mol. The van der Waals surface area contributed by atoms with Gasteiger partial charge in [0, 0.05) is 18.9 Å². The number of ether oxygens (including phenoxy) is 1. The van der Waals surface area contributed by atoms with Crippen LogP contribution in [0.4, 0.5) is 0 Å². The smallest absolute Gasteiger partial charge is 0.0634 e. The van der Waals surface area contributed by atoms with Gasteiger partial charge in [-0.2, -0.15) is 11.8 Å². The third kappa shape index (κ3) is 4.67. The van der Waals surface area contributed by atoms with E-state index >= 15 is 0 Å². The van der Waals surface area contributed by atoms with Gasteiger partial charge in [0.2, 0.25) is 0 Å². The Labute approximate surface area is 92.2 Å². The van der Waals surface area contributed by atoms with Gasteiger partial charge in [-0.1, -0.05) is 0 Å². The molecule has 1 heterocycles. The molecule has 0 bridgehead atoms. The number of thioether (sulfide) groups is 1. The van der Waals surface area contributed by atoms with E-state index in [0.717, 1.165) is 19.0 Å². The van der Waals surface area contributed by atoms with Crippen LogP contribution in [0.15, 0.2) is 0 Å². The third-order valence-electron chi connectivity index (χ3n) is 2.87. The first-order valence-corrected chi connectivity index (χ1v) is 6.66. The zero-order chi connectivity index (χ0) is 10.4. The van der Waals surface area contributed by atoms with Gasteiger partial charge in [-0.05, 0) is 45.4 Å². The molecule has 1 unspecified atom stereocenters. The van der Waals surface area contributed by atoms with Crippen molar-refractivity contribution in [2.45, 2.75) is 44.8 Å². The highest BCUT2D eigenvalue weighted by atomic mass is 32.2. The Bertz CT molecular complexity index is 155. The van der Waals surface area contributed by atoms with E-state index in [0.29, 0.717) is 0 Å². The van der Waals surface area contributed by atoms with Crippen LogP contribution in [0, 0.1) is 0 Å². The highest BCUT2D eigenvalue weighted by molar-refractivity contribution is 7.99. The topological polar surface area (TPSA) is 21.3 Å². The molecular formula is C11H23NOS. The maximum atomic E-state index is 5.38. The number of rotatable bonds is 5. The van der Waals surface area contributed by atoms with Crippen LogP contribution in [-0.4, -0.2) is 36.8 Å². The van der Waals surface area contributed by atoms with Gasteiger partial charge in [-0.3, -0.25) is 0 Å². The fraction of sp³-hybridized carbons (Fsp3) is 1.00. The highest BCUT2D eigenvalue weighted by Gasteiger charge is 2.17. The molecule has 0 radical (unpaired) electrons.